The maximum atomic E-state index is 11.9. The van der Waals surface area contributed by atoms with Crippen molar-refractivity contribution in [3.8, 4) is 0 Å². The van der Waals surface area contributed by atoms with Crippen LogP contribution in [0.1, 0.15) is 18.9 Å². The molecule has 1 aliphatic rings. The Morgan fingerprint density at radius 2 is 2.16 bits per heavy atom. The molecule has 2 atom stereocenters. The van der Waals surface area contributed by atoms with Crippen molar-refractivity contribution < 1.29 is 4.79 Å². The second-order valence-corrected chi connectivity index (χ2v) is 5.42. The highest BCUT2D eigenvalue weighted by atomic mass is 16.2. The first-order valence-electron chi connectivity index (χ1n) is 6.86. The number of likely N-dealkylation sites (N-methyl/N-ethyl adjacent to an activating group) is 1. The van der Waals surface area contributed by atoms with Gasteiger partial charge in [-0.05, 0) is 26.0 Å². The molecule has 0 radical (unpaired) electrons. The first-order chi connectivity index (χ1) is 9.08. The highest BCUT2D eigenvalue weighted by Gasteiger charge is 2.29. The lowest BCUT2D eigenvalue weighted by molar-refractivity contribution is -0.131. The SMILES string of the molecule is C[C@H](N)C(=O)N1CC[C@@H](N(C)Cc2ccccc2)C1. The summed E-state index contributed by atoms with van der Waals surface area (Å²) >= 11 is 0. The van der Waals surface area contributed by atoms with Crippen molar-refractivity contribution in [1.29, 1.82) is 0 Å². The summed E-state index contributed by atoms with van der Waals surface area (Å²) in [7, 11) is 2.12. The number of nitrogens with zero attached hydrogens (tertiary/aromatic N) is 2. The van der Waals surface area contributed by atoms with Crippen molar-refractivity contribution in [1.82, 2.24) is 9.80 Å². The Bertz CT molecular complexity index is 419. The Labute approximate surface area is 115 Å². The first-order valence-corrected chi connectivity index (χ1v) is 6.86. The molecule has 0 aromatic heterocycles. The fourth-order valence-corrected chi connectivity index (χ4v) is 2.59. The second-order valence-electron chi connectivity index (χ2n) is 5.42. The van der Waals surface area contributed by atoms with Crippen LogP contribution in [-0.4, -0.2) is 47.9 Å². The van der Waals surface area contributed by atoms with Gasteiger partial charge in [-0.15, -0.1) is 0 Å². The Hall–Kier alpha value is -1.39. The third-order valence-electron chi connectivity index (χ3n) is 3.76. The van der Waals surface area contributed by atoms with Gasteiger partial charge in [0.2, 0.25) is 5.91 Å². The zero-order chi connectivity index (χ0) is 13.8. The molecule has 2 rings (SSSR count). The topological polar surface area (TPSA) is 49.6 Å². The molecule has 1 saturated heterocycles. The van der Waals surface area contributed by atoms with Crippen LogP contribution in [0.15, 0.2) is 30.3 Å². The van der Waals surface area contributed by atoms with Crippen LogP contribution in [0.2, 0.25) is 0 Å². The fraction of sp³-hybridized carbons (Fsp3) is 0.533. The van der Waals surface area contributed by atoms with E-state index in [2.05, 4.69) is 36.2 Å². The molecule has 0 bridgehead atoms. The van der Waals surface area contributed by atoms with Gasteiger partial charge in [0.05, 0.1) is 6.04 Å². The van der Waals surface area contributed by atoms with Crippen molar-refractivity contribution in [3.63, 3.8) is 0 Å². The lowest BCUT2D eigenvalue weighted by Gasteiger charge is -2.25. The normalized spacial score (nSPS) is 20.8. The molecule has 104 valence electrons. The minimum Gasteiger partial charge on any atom is -0.340 e. The van der Waals surface area contributed by atoms with Crippen LogP contribution in [0, 0.1) is 0 Å². The first kappa shape index (κ1) is 14.0. The monoisotopic (exact) mass is 261 g/mol. The molecule has 1 aromatic carbocycles. The van der Waals surface area contributed by atoms with Gasteiger partial charge >= 0.3 is 0 Å². The van der Waals surface area contributed by atoms with E-state index in [0.29, 0.717) is 6.04 Å². The number of likely N-dealkylation sites (tertiary alicyclic amines) is 1. The largest absolute Gasteiger partial charge is 0.340 e. The molecule has 1 amide bonds. The van der Waals surface area contributed by atoms with Crippen LogP contribution in [0.25, 0.3) is 0 Å². The van der Waals surface area contributed by atoms with Crippen molar-refractivity contribution in [2.75, 3.05) is 20.1 Å². The van der Waals surface area contributed by atoms with E-state index in [1.165, 1.54) is 5.56 Å². The summed E-state index contributed by atoms with van der Waals surface area (Å²) in [6, 6.07) is 10.5. The average Bonchev–Trinajstić information content (AvgIpc) is 2.88. The number of amides is 1. The van der Waals surface area contributed by atoms with Crippen LogP contribution >= 0.6 is 0 Å². The Kier molecular flexibility index (Phi) is 4.56. The predicted octanol–water partition coefficient (Wildman–Crippen LogP) is 1.07. The molecule has 0 aliphatic carbocycles. The number of hydrogen-bond acceptors (Lipinski definition) is 3. The summed E-state index contributed by atoms with van der Waals surface area (Å²) in [5.74, 6) is 0.0654. The molecular weight excluding hydrogens is 238 g/mol. The van der Waals surface area contributed by atoms with E-state index in [-0.39, 0.29) is 5.91 Å². The Balaban J connectivity index is 1.88. The highest BCUT2D eigenvalue weighted by Crippen LogP contribution is 2.17. The summed E-state index contributed by atoms with van der Waals surface area (Å²) in [4.78, 5) is 16.1. The Morgan fingerprint density at radius 1 is 1.47 bits per heavy atom. The van der Waals surface area contributed by atoms with Gasteiger partial charge in [-0.25, -0.2) is 0 Å². The van der Waals surface area contributed by atoms with Crippen molar-refractivity contribution in [3.05, 3.63) is 35.9 Å². The summed E-state index contributed by atoms with van der Waals surface area (Å²) < 4.78 is 0. The van der Waals surface area contributed by atoms with Crippen LogP contribution in [0.3, 0.4) is 0 Å². The molecule has 1 fully saturated rings. The average molecular weight is 261 g/mol. The number of hydrogen-bond donors (Lipinski definition) is 1. The zero-order valence-corrected chi connectivity index (χ0v) is 11.7. The Morgan fingerprint density at radius 3 is 2.79 bits per heavy atom. The van der Waals surface area contributed by atoms with Gasteiger partial charge < -0.3 is 10.6 Å². The van der Waals surface area contributed by atoms with Crippen molar-refractivity contribution in [2.24, 2.45) is 5.73 Å². The van der Waals surface area contributed by atoms with Crippen LogP contribution < -0.4 is 5.73 Å². The molecule has 2 N–H and O–H groups in total. The summed E-state index contributed by atoms with van der Waals surface area (Å²) in [6.07, 6.45) is 1.03. The lowest BCUT2D eigenvalue weighted by Crippen LogP contribution is -2.42. The van der Waals surface area contributed by atoms with E-state index >= 15 is 0 Å². The summed E-state index contributed by atoms with van der Waals surface area (Å²) in [5, 5.41) is 0. The third kappa shape index (κ3) is 3.55. The zero-order valence-electron chi connectivity index (χ0n) is 11.7. The number of nitrogens with two attached hydrogens (primary N) is 1. The predicted molar refractivity (Wildman–Crippen MR) is 76.5 cm³/mol. The third-order valence-corrected chi connectivity index (χ3v) is 3.76. The maximum absolute atomic E-state index is 11.9. The van der Waals surface area contributed by atoms with E-state index in [1.54, 1.807) is 6.92 Å². The van der Waals surface area contributed by atoms with E-state index in [1.807, 2.05) is 11.0 Å². The smallest absolute Gasteiger partial charge is 0.239 e. The number of benzene rings is 1. The molecule has 0 unspecified atom stereocenters. The molecule has 1 aromatic rings. The highest BCUT2D eigenvalue weighted by molar-refractivity contribution is 5.81. The number of carbonyl (C=O) groups is 1. The van der Waals surface area contributed by atoms with Crippen LogP contribution in [0.5, 0.6) is 0 Å². The molecule has 0 saturated carbocycles. The standard InChI is InChI=1S/C15H23N3O/c1-12(16)15(19)18-9-8-14(11-18)17(2)10-13-6-4-3-5-7-13/h3-7,12,14H,8-11,16H2,1-2H3/t12-,14+/m0/s1. The van der Waals surface area contributed by atoms with E-state index < -0.39 is 6.04 Å². The lowest BCUT2D eigenvalue weighted by atomic mass is 10.1. The second kappa shape index (κ2) is 6.17. The fourth-order valence-electron chi connectivity index (χ4n) is 2.59. The molecule has 1 heterocycles. The van der Waals surface area contributed by atoms with Gasteiger partial charge in [-0.1, -0.05) is 30.3 Å². The van der Waals surface area contributed by atoms with E-state index in [9.17, 15) is 4.79 Å². The van der Waals surface area contributed by atoms with Crippen molar-refractivity contribution >= 4 is 5.91 Å². The molecular formula is C15H23N3O. The van der Waals surface area contributed by atoms with Gasteiger partial charge in [0.1, 0.15) is 0 Å². The summed E-state index contributed by atoms with van der Waals surface area (Å²) in [6.45, 7) is 4.29. The minimum atomic E-state index is -0.391. The van der Waals surface area contributed by atoms with Gasteiger partial charge in [0, 0.05) is 25.7 Å². The number of rotatable bonds is 4. The summed E-state index contributed by atoms with van der Waals surface area (Å²) in [5.41, 5.74) is 6.96. The number of carbonyl (C=O) groups excluding carboxylic acids is 1. The molecule has 4 heteroatoms. The molecule has 0 spiro atoms. The molecule has 1 aliphatic heterocycles. The molecule has 4 nitrogen and oxygen atoms in total. The van der Waals surface area contributed by atoms with Gasteiger partial charge in [-0.2, -0.15) is 0 Å². The van der Waals surface area contributed by atoms with Crippen LogP contribution in [0.4, 0.5) is 0 Å². The van der Waals surface area contributed by atoms with E-state index in [0.717, 1.165) is 26.1 Å². The van der Waals surface area contributed by atoms with E-state index in [4.69, 9.17) is 5.73 Å². The maximum Gasteiger partial charge on any atom is 0.239 e. The minimum absolute atomic E-state index is 0.0654. The van der Waals surface area contributed by atoms with Gasteiger partial charge in [0.15, 0.2) is 0 Å². The van der Waals surface area contributed by atoms with Gasteiger partial charge in [-0.3, -0.25) is 9.69 Å². The molecule has 19 heavy (non-hydrogen) atoms. The van der Waals surface area contributed by atoms with Crippen molar-refractivity contribution in [2.45, 2.75) is 32.0 Å². The van der Waals surface area contributed by atoms with Crippen LogP contribution in [-0.2, 0) is 11.3 Å². The van der Waals surface area contributed by atoms with Gasteiger partial charge in [0.25, 0.3) is 0 Å². The quantitative estimate of drug-likeness (QED) is 0.882.